The number of allylic oxidation sites excluding steroid dienone is 2. The first kappa shape index (κ1) is 42.9. The Morgan fingerprint density at radius 2 is 0.878 bits per heavy atom. The molecule has 0 aliphatic carbocycles. The Bertz CT molecular complexity index is 4230. The van der Waals surface area contributed by atoms with E-state index in [1.165, 1.54) is 21.5 Å². The van der Waals surface area contributed by atoms with E-state index in [1.54, 1.807) is 24.8 Å². The summed E-state index contributed by atoms with van der Waals surface area (Å²) in [5, 5.41) is 4.72. The van der Waals surface area contributed by atoms with E-state index in [4.69, 9.17) is 29.9 Å². The highest BCUT2D eigenvalue weighted by molar-refractivity contribution is 6.13. The highest BCUT2D eigenvalue weighted by atomic mass is 15.1. The highest BCUT2D eigenvalue weighted by Crippen LogP contribution is 2.39. The van der Waals surface area contributed by atoms with Crippen LogP contribution >= 0.6 is 0 Å². The molecule has 12 heteroatoms. The van der Waals surface area contributed by atoms with E-state index in [0.29, 0.717) is 34.9 Å². The summed E-state index contributed by atoms with van der Waals surface area (Å²) in [5.74, 6) is 3.58. The van der Waals surface area contributed by atoms with E-state index in [1.807, 2.05) is 42.9 Å². The van der Waals surface area contributed by atoms with E-state index in [-0.39, 0.29) is 0 Å². The molecule has 6 aromatic heterocycles. The molecule has 0 saturated heterocycles. The van der Waals surface area contributed by atoms with E-state index < -0.39 is 0 Å². The Hall–Kier alpha value is -9.94. The molecule has 350 valence electrons. The lowest BCUT2D eigenvalue weighted by atomic mass is 10.0. The predicted octanol–water partition coefficient (Wildman–Crippen LogP) is 13.4. The van der Waals surface area contributed by atoms with Gasteiger partial charge < -0.3 is 9.13 Å². The van der Waals surface area contributed by atoms with E-state index in [9.17, 15) is 0 Å². The number of fused-ring (bicyclic) bond motifs is 6. The van der Waals surface area contributed by atoms with Crippen LogP contribution < -0.4 is 0 Å². The third-order valence-electron chi connectivity index (χ3n) is 13.8. The van der Waals surface area contributed by atoms with Crippen molar-refractivity contribution in [2.45, 2.75) is 19.3 Å². The molecule has 2 aliphatic rings. The fourth-order valence-corrected chi connectivity index (χ4v) is 10.2. The largest absolute Gasteiger partial charge is 0.309 e. The summed E-state index contributed by atoms with van der Waals surface area (Å²) >= 11 is 0. The maximum absolute atomic E-state index is 4.99. The van der Waals surface area contributed by atoms with Crippen LogP contribution in [0.2, 0.25) is 0 Å². The molecule has 74 heavy (non-hydrogen) atoms. The number of dihydropyridines is 1. The fourth-order valence-electron chi connectivity index (χ4n) is 10.2. The van der Waals surface area contributed by atoms with Crippen molar-refractivity contribution in [1.82, 2.24) is 49.0 Å². The van der Waals surface area contributed by atoms with Gasteiger partial charge in [-0.05, 0) is 140 Å². The van der Waals surface area contributed by atoms with Crippen LogP contribution in [-0.2, 0) is 0 Å². The lowest BCUT2D eigenvalue weighted by Gasteiger charge is -2.13. The molecule has 0 atom stereocenters. The number of nitrogens with zero attached hydrogens (tertiary/aromatic N) is 12. The minimum atomic E-state index is 0.549. The van der Waals surface area contributed by atoms with Gasteiger partial charge in [0, 0.05) is 116 Å². The number of aromatic nitrogens is 10. The Kier molecular flexibility index (Phi) is 10.5. The summed E-state index contributed by atoms with van der Waals surface area (Å²) in [6.07, 6.45) is 17.4. The topological polar surface area (TPSA) is 138 Å². The van der Waals surface area contributed by atoms with Gasteiger partial charge in [0.1, 0.15) is 0 Å². The van der Waals surface area contributed by atoms with Crippen LogP contribution in [0.15, 0.2) is 205 Å². The summed E-state index contributed by atoms with van der Waals surface area (Å²) in [4.78, 5) is 47.1. The summed E-state index contributed by atoms with van der Waals surface area (Å²) in [7, 11) is 0. The summed E-state index contributed by atoms with van der Waals surface area (Å²) in [6.45, 7) is 0.775. The van der Waals surface area contributed by atoms with Gasteiger partial charge in [0.15, 0.2) is 34.9 Å². The van der Waals surface area contributed by atoms with Crippen molar-refractivity contribution in [3.63, 3.8) is 0 Å². The quantitative estimate of drug-likeness (QED) is 0.139. The van der Waals surface area contributed by atoms with Crippen molar-refractivity contribution >= 4 is 67.2 Å². The zero-order valence-electron chi connectivity index (χ0n) is 39.8. The van der Waals surface area contributed by atoms with Crippen LogP contribution in [0.5, 0.6) is 0 Å². The Labute approximate surface area is 424 Å². The zero-order valence-corrected chi connectivity index (χ0v) is 39.8. The third-order valence-corrected chi connectivity index (χ3v) is 13.8. The van der Waals surface area contributed by atoms with Gasteiger partial charge in [-0.15, -0.1) is 0 Å². The molecule has 6 aromatic carbocycles. The SMILES string of the molecule is C1=NC=C(c2nc(C3=CCCN=C3)nc(-c3ccc(-n4c5ccccc5c5cc(-c6ccc7c(c6)c6ccccc6n7-c6ccc(-c7nc(-c8cccnc8)nc(-c8cccnc8)n7)cc6)ccc54)cc3)n2)CC1. The second kappa shape index (κ2) is 18.0. The number of rotatable bonds is 9. The van der Waals surface area contributed by atoms with Crippen molar-refractivity contribution in [1.29, 1.82) is 0 Å². The third kappa shape index (κ3) is 7.64. The fraction of sp³-hybridized carbons (Fsp3) is 0.0645. The van der Waals surface area contributed by atoms with Crippen molar-refractivity contribution in [3.8, 4) is 68.1 Å². The molecule has 12 nitrogen and oxygen atoms in total. The van der Waals surface area contributed by atoms with Crippen molar-refractivity contribution in [3.05, 3.63) is 206 Å². The molecule has 0 spiro atoms. The smallest absolute Gasteiger partial charge is 0.165 e. The molecule has 0 bridgehead atoms. The minimum absolute atomic E-state index is 0.549. The van der Waals surface area contributed by atoms with Gasteiger partial charge >= 0.3 is 0 Å². The van der Waals surface area contributed by atoms with Gasteiger partial charge in [0.25, 0.3) is 0 Å². The molecule has 0 N–H and O–H groups in total. The monoisotopic (exact) mass is 954 g/mol. The average molecular weight is 955 g/mol. The minimum Gasteiger partial charge on any atom is -0.309 e. The first-order valence-electron chi connectivity index (χ1n) is 24.7. The van der Waals surface area contributed by atoms with Crippen LogP contribution in [0.3, 0.4) is 0 Å². The normalized spacial score (nSPS) is 13.5. The maximum Gasteiger partial charge on any atom is 0.165 e. The molecule has 0 fully saturated rings. The van der Waals surface area contributed by atoms with Gasteiger partial charge in [-0.3, -0.25) is 20.0 Å². The first-order chi connectivity index (χ1) is 36.7. The predicted molar refractivity (Wildman–Crippen MR) is 296 cm³/mol. The van der Waals surface area contributed by atoms with Crippen LogP contribution in [0.1, 0.15) is 30.9 Å². The number of hydrogen-bond donors (Lipinski definition) is 0. The van der Waals surface area contributed by atoms with Gasteiger partial charge in [-0.25, -0.2) is 29.9 Å². The van der Waals surface area contributed by atoms with Crippen LogP contribution in [0.25, 0.3) is 123 Å². The molecule has 2 aliphatic heterocycles. The van der Waals surface area contributed by atoms with Gasteiger partial charge in [0.05, 0.1) is 22.1 Å². The Morgan fingerprint density at radius 3 is 1.38 bits per heavy atom. The molecule has 12 aromatic rings. The number of aliphatic imine (C=N–C) groups is 2. The van der Waals surface area contributed by atoms with Gasteiger partial charge in [-0.2, -0.15) is 0 Å². The second-order valence-electron chi connectivity index (χ2n) is 18.4. The summed E-state index contributed by atoms with van der Waals surface area (Å²) in [5.41, 5.74) is 14.2. The van der Waals surface area contributed by atoms with Crippen LogP contribution in [0.4, 0.5) is 0 Å². The molecule has 0 amide bonds. The molecule has 14 rings (SSSR count). The number of pyridine rings is 2. The lowest BCUT2D eigenvalue weighted by Crippen LogP contribution is -2.08. The molecule has 0 unspecified atom stereocenters. The molecule has 8 heterocycles. The van der Waals surface area contributed by atoms with E-state index in [2.05, 4.69) is 169 Å². The number of para-hydroxylation sites is 2. The second-order valence-corrected chi connectivity index (χ2v) is 18.4. The van der Waals surface area contributed by atoms with Gasteiger partial charge in [-0.1, -0.05) is 54.6 Å². The molecular formula is C62H42N12. The van der Waals surface area contributed by atoms with Gasteiger partial charge in [0.2, 0.25) is 0 Å². The Morgan fingerprint density at radius 1 is 0.392 bits per heavy atom. The Balaban J connectivity index is 0.811. The molecule has 0 saturated carbocycles. The van der Waals surface area contributed by atoms with E-state index in [0.717, 1.165) is 104 Å². The highest BCUT2D eigenvalue weighted by Gasteiger charge is 2.20. The van der Waals surface area contributed by atoms with Crippen LogP contribution in [-0.4, -0.2) is 68.0 Å². The summed E-state index contributed by atoms with van der Waals surface area (Å²) in [6, 6.07) is 55.6. The summed E-state index contributed by atoms with van der Waals surface area (Å²) < 4.78 is 4.68. The maximum atomic E-state index is 4.99. The number of benzene rings is 6. The van der Waals surface area contributed by atoms with Crippen molar-refractivity contribution in [2.75, 3.05) is 6.54 Å². The average Bonchev–Trinajstić information content (AvgIpc) is 4.02. The zero-order chi connectivity index (χ0) is 49.0. The standard InChI is InChI=1S/C62H42N12/c1-3-15-53-49(13-1)51-33-41(21-27-55(51)73(53)47-23-17-39(18-24-47)57-67-59(43-9-5-29-63-35-43)71-60(68-57)44-10-6-30-64-36-44)42-22-28-56-52(34-42)50-14-2-4-16-54(50)74(56)48-25-19-40(20-26-48)58-69-61(45-11-7-31-65-37-45)72-62(70-58)46-12-8-32-66-38-46/h1-6,9-11,13-30,32-38H,7-8,12,31H2. The van der Waals surface area contributed by atoms with E-state index >= 15 is 0 Å². The number of hydrogen-bond acceptors (Lipinski definition) is 10. The lowest BCUT2D eigenvalue weighted by molar-refractivity contribution is 0.958. The molecule has 0 radical (unpaired) electrons. The van der Waals surface area contributed by atoms with Crippen molar-refractivity contribution in [2.24, 2.45) is 9.98 Å². The van der Waals surface area contributed by atoms with Crippen LogP contribution in [0, 0.1) is 0 Å². The van der Waals surface area contributed by atoms with Crippen molar-refractivity contribution < 1.29 is 0 Å². The first-order valence-corrected chi connectivity index (χ1v) is 24.7. The molecular weight excluding hydrogens is 913 g/mol.